The Labute approximate surface area is 139 Å². The Balaban J connectivity index is 2.18. The lowest BCUT2D eigenvalue weighted by Crippen LogP contribution is -2.66. The molecule has 24 heavy (non-hydrogen) atoms. The predicted octanol–water partition coefficient (Wildman–Crippen LogP) is 0.782. The fourth-order valence-corrected chi connectivity index (χ4v) is 4.29. The number of allylic oxidation sites excluding steroid dienone is 2. The highest BCUT2D eigenvalue weighted by molar-refractivity contribution is 6.04. The largest absolute Gasteiger partial charge is 0.493 e. The van der Waals surface area contributed by atoms with Gasteiger partial charge in [0.25, 0.3) is 0 Å². The van der Waals surface area contributed by atoms with E-state index in [2.05, 4.69) is 0 Å². The van der Waals surface area contributed by atoms with Gasteiger partial charge in [0.15, 0.2) is 11.6 Å². The molecule has 4 atom stereocenters. The third kappa shape index (κ3) is 1.88. The summed E-state index contributed by atoms with van der Waals surface area (Å²) in [6.07, 6.45) is 1.03. The van der Waals surface area contributed by atoms with Crippen molar-refractivity contribution in [2.75, 3.05) is 21.3 Å². The van der Waals surface area contributed by atoms with Crippen LogP contribution in [0, 0.1) is 17.8 Å². The van der Waals surface area contributed by atoms with E-state index in [-0.39, 0.29) is 11.6 Å². The van der Waals surface area contributed by atoms with Crippen LogP contribution in [0.1, 0.15) is 13.8 Å². The average molecular weight is 336 g/mol. The highest BCUT2D eigenvalue weighted by atomic mass is 16.7. The van der Waals surface area contributed by atoms with Gasteiger partial charge < -0.3 is 18.9 Å². The minimum atomic E-state index is -1.59. The van der Waals surface area contributed by atoms with Gasteiger partial charge in [-0.15, -0.1) is 0 Å². The molecule has 0 amide bonds. The number of hydrogen-bond acceptors (Lipinski definition) is 7. The molecule has 3 aliphatic carbocycles. The Hall–Kier alpha value is -1.99. The number of fused-ring (bicyclic) bond motifs is 1. The molecule has 1 saturated carbocycles. The SMILES string of the molecule is COC(=O)C1=C(C)O[C@H]2[C@@H]1[C@H]1C=C(C(C)=O)[C@@H]2C(OC)(OC)C1=O. The van der Waals surface area contributed by atoms with Crippen LogP contribution in [0.2, 0.25) is 0 Å². The van der Waals surface area contributed by atoms with Crippen molar-refractivity contribution in [1.29, 1.82) is 0 Å². The Kier molecular flexibility index (Phi) is 3.88. The summed E-state index contributed by atoms with van der Waals surface area (Å²) in [4.78, 5) is 37.3. The minimum absolute atomic E-state index is 0.179. The number of esters is 1. The van der Waals surface area contributed by atoms with Crippen molar-refractivity contribution in [1.82, 2.24) is 0 Å². The Morgan fingerprint density at radius 2 is 1.83 bits per heavy atom. The van der Waals surface area contributed by atoms with Crippen LogP contribution in [-0.4, -0.2) is 50.8 Å². The van der Waals surface area contributed by atoms with E-state index in [9.17, 15) is 14.4 Å². The molecule has 1 aliphatic heterocycles. The summed E-state index contributed by atoms with van der Waals surface area (Å²) in [6, 6.07) is 0. The number of rotatable bonds is 4. The normalized spacial score (nSPS) is 33.0. The van der Waals surface area contributed by atoms with E-state index in [0.29, 0.717) is 16.9 Å². The molecule has 7 nitrogen and oxygen atoms in total. The van der Waals surface area contributed by atoms with Gasteiger partial charge in [-0.1, -0.05) is 6.08 Å². The third-order valence-electron chi connectivity index (χ3n) is 5.26. The van der Waals surface area contributed by atoms with Crippen molar-refractivity contribution in [2.45, 2.75) is 25.7 Å². The van der Waals surface area contributed by atoms with Crippen LogP contribution in [-0.2, 0) is 33.3 Å². The van der Waals surface area contributed by atoms with Gasteiger partial charge in [-0.3, -0.25) is 9.59 Å². The first kappa shape index (κ1) is 16.9. The van der Waals surface area contributed by atoms with Crippen molar-refractivity contribution < 1.29 is 33.3 Å². The van der Waals surface area contributed by atoms with Crippen LogP contribution in [0.5, 0.6) is 0 Å². The smallest absolute Gasteiger partial charge is 0.337 e. The van der Waals surface area contributed by atoms with E-state index in [1.54, 1.807) is 13.0 Å². The molecule has 130 valence electrons. The lowest BCUT2D eigenvalue weighted by Gasteiger charge is -2.51. The van der Waals surface area contributed by atoms with Crippen molar-refractivity contribution >= 4 is 17.5 Å². The third-order valence-corrected chi connectivity index (χ3v) is 5.26. The van der Waals surface area contributed by atoms with Crippen molar-refractivity contribution in [3.63, 3.8) is 0 Å². The van der Waals surface area contributed by atoms with E-state index in [4.69, 9.17) is 18.9 Å². The molecule has 7 heteroatoms. The molecule has 4 rings (SSSR count). The van der Waals surface area contributed by atoms with Gasteiger partial charge in [-0.25, -0.2) is 4.79 Å². The number of Topliss-reactive ketones (excluding diaryl/α,β-unsaturated/α-hetero) is 2. The van der Waals surface area contributed by atoms with Gasteiger partial charge in [0.1, 0.15) is 11.9 Å². The molecule has 0 radical (unpaired) electrons. The molecule has 0 N–H and O–H groups in total. The van der Waals surface area contributed by atoms with Crippen LogP contribution in [0.4, 0.5) is 0 Å². The zero-order valence-corrected chi connectivity index (χ0v) is 14.2. The molecule has 2 bridgehead atoms. The van der Waals surface area contributed by atoms with Crippen molar-refractivity contribution in [3.05, 3.63) is 23.0 Å². The maximum Gasteiger partial charge on any atom is 0.337 e. The molecule has 0 aromatic rings. The second kappa shape index (κ2) is 5.53. The minimum Gasteiger partial charge on any atom is -0.493 e. The zero-order valence-electron chi connectivity index (χ0n) is 14.2. The van der Waals surface area contributed by atoms with Gasteiger partial charge in [-0.05, 0) is 13.8 Å². The van der Waals surface area contributed by atoms with E-state index in [0.717, 1.165) is 0 Å². The Bertz CT molecular complexity index is 683. The first-order valence-corrected chi connectivity index (χ1v) is 7.67. The predicted molar refractivity (Wildman–Crippen MR) is 80.6 cm³/mol. The highest BCUT2D eigenvalue weighted by Gasteiger charge is 2.68. The number of carbonyl (C=O) groups is 3. The van der Waals surface area contributed by atoms with E-state index in [1.165, 1.54) is 28.3 Å². The summed E-state index contributed by atoms with van der Waals surface area (Å²) in [7, 11) is 4.01. The molecule has 0 aromatic carbocycles. The van der Waals surface area contributed by atoms with Crippen LogP contribution in [0.25, 0.3) is 0 Å². The number of hydrogen-bond donors (Lipinski definition) is 0. The number of methoxy groups -OCH3 is 3. The molecule has 4 aliphatic rings. The molecule has 0 saturated heterocycles. The number of carbonyl (C=O) groups excluding carboxylic acids is 3. The van der Waals surface area contributed by atoms with E-state index >= 15 is 0 Å². The van der Waals surface area contributed by atoms with E-state index in [1.807, 2.05) is 0 Å². The maximum absolute atomic E-state index is 13.0. The lowest BCUT2D eigenvalue weighted by molar-refractivity contribution is -0.256. The standard InChI is InChI=1S/C17H20O7/c1-7(18)9-6-10-12-11(16(20)21-3)8(2)24-14(12)13(9)17(22-4,23-5)15(10)19/h6,10,12-14H,1-5H3/t10-,12-,13+,14+/m1/s1. The van der Waals surface area contributed by atoms with Gasteiger partial charge in [0, 0.05) is 25.7 Å². The van der Waals surface area contributed by atoms with Crippen molar-refractivity contribution in [2.24, 2.45) is 17.8 Å². The molecule has 1 heterocycles. The lowest BCUT2D eigenvalue weighted by atomic mass is 9.58. The number of ketones is 2. The molecular weight excluding hydrogens is 316 g/mol. The zero-order chi connectivity index (χ0) is 17.8. The van der Waals surface area contributed by atoms with Crippen LogP contribution >= 0.6 is 0 Å². The average Bonchev–Trinajstić information content (AvgIpc) is 2.92. The first-order chi connectivity index (χ1) is 11.3. The summed E-state index contributed by atoms with van der Waals surface area (Å²) < 4.78 is 21.6. The summed E-state index contributed by atoms with van der Waals surface area (Å²) in [6.45, 7) is 3.09. The van der Waals surface area contributed by atoms with E-state index < -0.39 is 35.6 Å². The molecule has 0 spiro atoms. The molecule has 0 unspecified atom stereocenters. The number of ether oxygens (including phenoxy) is 4. The highest BCUT2D eigenvalue weighted by Crippen LogP contribution is 2.56. The summed E-state index contributed by atoms with van der Waals surface area (Å²) >= 11 is 0. The van der Waals surface area contributed by atoms with Crippen LogP contribution in [0.15, 0.2) is 23.0 Å². The molecule has 1 fully saturated rings. The quantitative estimate of drug-likeness (QED) is 0.554. The fraction of sp³-hybridized carbons (Fsp3) is 0.588. The van der Waals surface area contributed by atoms with Crippen molar-refractivity contribution in [3.8, 4) is 0 Å². The fourth-order valence-electron chi connectivity index (χ4n) is 4.29. The second-order valence-corrected chi connectivity index (χ2v) is 6.19. The first-order valence-electron chi connectivity index (χ1n) is 7.67. The molecular formula is C17H20O7. The van der Waals surface area contributed by atoms with Gasteiger partial charge in [-0.2, -0.15) is 0 Å². The maximum atomic E-state index is 13.0. The van der Waals surface area contributed by atoms with Gasteiger partial charge in [0.05, 0.1) is 24.5 Å². The van der Waals surface area contributed by atoms with Gasteiger partial charge >= 0.3 is 5.97 Å². The summed E-state index contributed by atoms with van der Waals surface area (Å²) in [5.74, 6) is -4.20. The Morgan fingerprint density at radius 3 is 2.33 bits per heavy atom. The van der Waals surface area contributed by atoms with Crippen LogP contribution in [0.3, 0.4) is 0 Å². The molecule has 0 aromatic heterocycles. The Morgan fingerprint density at radius 1 is 1.21 bits per heavy atom. The van der Waals surface area contributed by atoms with Gasteiger partial charge in [0.2, 0.25) is 5.79 Å². The monoisotopic (exact) mass is 336 g/mol. The summed E-state index contributed by atoms with van der Waals surface area (Å²) in [5, 5.41) is 0. The summed E-state index contributed by atoms with van der Waals surface area (Å²) in [5.41, 5.74) is 0.772. The topological polar surface area (TPSA) is 88.1 Å². The second-order valence-electron chi connectivity index (χ2n) is 6.19. The van der Waals surface area contributed by atoms with Crippen LogP contribution < -0.4 is 0 Å².